The number of ketones is 2. The molecule has 9 heteroatoms. The molecule has 4 rings (SSSR count). The Kier molecular flexibility index (Phi) is 7.04. The zero-order valence-electron chi connectivity index (χ0n) is 24.9. The molecule has 1 aromatic rings. The molecule has 0 spiro atoms. The molecular weight excluding hydrogens is 512 g/mol. The minimum atomic E-state index is -2.62. The molecule has 5 N–H and O–H groups in total. The van der Waals surface area contributed by atoms with Crippen molar-refractivity contribution in [3.05, 3.63) is 45.2 Å². The van der Waals surface area contributed by atoms with Crippen molar-refractivity contribution in [3.8, 4) is 5.75 Å². The van der Waals surface area contributed by atoms with E-state index in [0.29, 0.717) is 18.4 Å². The van der Waals surface area contributed by atoms with Crippen LogP contribution in [0.3, 0.4) is 0 Å². The minimum Gasteiger partial charge on any atom is -0.508 e. The Morgan fingerprint density at radius 2 is 1.70 bits per heavy atom. The highest BCUT2D eigenvalue weighted by atomic mass is 16.3. The van der Waals surface area contributed by atoms with Crippen LogP contribution in [-0.4, -0.2) is 74.1 Å². The van der Waals surface area contributed by atoms with Gasteiger partial charge in [-0.2, -0.15) is 0 Å². The molecule has 0 bridgehead atoms. The standard InChI is InChI=1S/C31H42N2O7/c1-10-14-12-18(29(2,3)4)23(34)20-16(14)11-15-13-17-22(33(8)9)25(36)21(28(39)32-30(5,6)7)27(38)31(17,40)26(37)19(15)24(20)35/h12,15,17,22,34-35,38,40H,10-11,13H2,1-9H3,(H,32,39)/t15?,17?,22-,31-/m0/s1. The molecule has 0 heterocycles. The number of Topliss-reactive ketones (excluding diaryl/α,β-unsaturated/α-hetero) is 2. The third-order valence-corrected chi connectivity index (χ3v) is 8.47. The first kappa shape index (κ1) is 29.8. The van der Waals surface area contributed by atoms with Gasteiger partial charge in [-0.05, 0) is 76.6 Å². The molecule has 0 aromatic heterocycles. The fourth-order valence-electron chi connectivity index (χ4n) is 6.66. The zero-order chi connectivity index (χ0) is 30.3. The normalized spacial score (nSPS) is 27.0. The van der Waals surface area contributed by atoms with Crippen molar-refractivity contribution in [1.82, 2.24) is 10.2 Å². The van der Waals surface area contributed by atoms with Crippen LogP contribution >= 0.6 is 0 Å². The van der Waals surface area contributed by atoms with Crippen LogP contribution in [0, 0.1) is 11.8 Å². The highest BCUT2D eigenvalue weighted by molar-refractivity contribution is 6.25. The average Bonchev–Trinajstić information content (AvgIpc) is 2.79. The van der Waals surface area contributed by atoms with Gasteiger partial charge in [-0.1, -0.05) is 33.8 Å². The van der Waals surface area contributed by atoms with Gasteiger partial charge in [-0.25, -0.2) is 0 Å². The summed E-state index contributed by atoms with van der Waals surface area (Å²) in [6.07, 6.45) is 1.04. The highest BCUT2D eigenvalue weighted by Gasteiger charge is 2.64. The Morgan fingerprint density at radius 1 is 1.10 bits per heavy atom. The molecule has 1 aromatic carbocycles. The third-order valence-electron chi connectivity index (χ3n) is 8.47. The number of aliphatic hydroxyl groups is 3. The fraction of sp³-hybridized carbons (Fsp3) is 0.581. The lowest BCUT2D eigenvalue weighted by molar-refractivity contribution is -0.153. The third kappa shape index (κ3) is 4.34. The quantitative estimate of drug-likeness (QED) is 0.358. The number of hydrogen-bond acceptors (Lipinski definition) is 8. The summed E-state index contributed by atoms with van der Waals surface area (Å²) in [5.41, 5.74) is -2.16. The lowest BCUT2D eigenvalue weighted by Gasteiger charge is -2.50. The zero-order valence-corrected chi connectivity index (χ0v) is 24.9. The smallest absolute Gasteiger partial charge is 0.258 e. The van der Waals surface area contributed by atoms with Gasteiger partial charge in [0.2, 0.25) is 5.78 Å². The second-order valence-electron chi connectivity index (χ2n) is 13.7. The van der Waals surface area contributed by atoms with Crippen LogP contribution < -0.4 is 5.32 Å². The van der Waals surface area contributed by atoms with Crippen molar-refractivity contribution in [2.45, 2.75) is 90.3 Å². The molecule has 3 aliphatic rings. The van der Waals surface area contributed by atoms with Gasteiger partial charge < -0.3 is 25.7 Å². The molecule has 0 saturated heterocycles. The maximum absolute atomic E-state index is 14.2. The van der Waals surface area contributed by atoms with E-state index in [1.165, 1.54) is 0 Å². The Hall–Kier alpha value is -3.17. The van der Waals surface area contributed by atoms with Crippen LogP contribution in [0.4, 0.5) is 0 Å². The predicted octanol–water partition coefficient (Wildman–Crippen LogP) is 3.25. The molecule has 40 heavy (non-hydrogen) atoms. The maximum Gasteiger partial charge on any atom is 0.258 e. The van der Waals surface area contributed by atoms with Crippen molar-refractivity contribution in [2.24, 2.45) is 11.8 Å². The first-order valence-electron chi connectivity index (χ1n) is 13.8. The number of hydrogen-bond donors (Lipinski definition) is 5. The first-order chi connectivity index (χ1) is 18.3. The average molecular weight is 555 g/mol. The van der Waals surface area contributed by atoms with Gasteiger partial charge in [0, 0.05) is 22.6 Å². The largest absolute Gasteiger partial charge is 0.508 e. The van der Waals surface area contributed by atoms with Gasteiger partial charge >= 0.3 is 0 Å². The number of nitrogens with zero attached hydrogens (tertiary/aromatic N) is 1. The van der Waals surface area contributed by atoms with Crippen LogP contribution in [0.15, 0.2) is 23.0 Å². The van der Waals surface area contributed by atoms with E-state index in [-0.39, 0.29) is 23.3 Å². The van der Waals surface area contributed by atoms with Crippen molar-refractivity contribution >= 4 is 23.2 Å². The number of carbonyl (C=O) groups is 3. The summed E-state index contributed by atoms with van der Waals surface area (Å²) in [6.45, 7) is 12.9. The molecule has 1 fully saturated rings. The molecule has 0 radical (unpaired) electrons. The Morgan fingerprint density at radius 3 is 2.20 bits per heavy atom. The van der Waals surface area contributed by atoms with Crippen LogP contribution in [0.5, 0.6) is 5.75 Å². The van der Waals surface area contributed by atoms with Crippen LogP contribution in [0.2, 0.25) is 0 Å². The SMILES string of the molecule is CCc1cc(C(C)(C)C)c(O)c2c1CC1CC3[C@H](N(C)C)C(=O)C(C(=O)NC(C)(C)C)=C(O)[C@@]3(O)C(=O)C1=C2O. The van der Waals surface area contributed by atoms with Crippen molar-refractivity contribution < 1.29 is 34.8 Å². The summed E-state index contributed by atoms with van der Waals surface area (Å²) in [5, 5.41) is 48.9. The number of phenols is 1. The number of aromatic hydroxyl groups is 1. The molecule has 2 unspecified atom stereocenters. The van der Waals surface area contributed by atoms with Crippen LogP contribution in [0.1, 0.15) is 77.1 Å². The molecule has 1 saturated carbocycles. The van der Waals surface area contributed by atoms with Gasteiger partial charge in [0.25, 0.3) is 5.91 Å². The Balaban J connectivity index is 1.99. The maximum atomic E-state index is 14.2. The van der Waals surface area contributed by atoms with E-state index in [1.807, 2.05) is 33.8 Å². The van der Waals surface area contributed by atoms with E-state index in [1.54, 1.807) is 39.8 Å². The lowest BCUT2D eigenvalue weighted by atomic mass is 9.57. The van der Waals surface area contributed by atoms with Crippen molar-refractivity contribution in [2.75, 3.05) is 14.1 Å². The summed E-state index contributed by atoms with van der Waals surface area (Å²) in [4.78, 5) is 42.6. The summed E-state index contributed by atoms with van der Waals surface area (Å²) < 4.78 is 0. The highest BCUT2D eigenvalue weighted by Crippen LogP contribution is 2.54. The van der Waals surface area contributed by atoms with E-state index >= 15 is 0 Å². The van der Waals surface area contributed by atoms with Gasteiger partial charge in [-0.15, -0.1) is 0 Å². The van der Waals surface area contributed by atoms with Gasteiger partial charge in [-0.3, -0.25) is 19.3 Å². The number of nitrogens with one attached hydrogen (secondary N) is 1. The summed E-state index contributed by atoms with van der Waals surface area (Å²) in [6, 6.07) is 0.868. The first-order valence-corrected chi connectivity index (χ1v) is 13.8. The molecule has 218 valence electrons. The van der Waals surface area contributed by atoms with Gasteiger partial charge in [0.1, 0.15) is 22.8 Å². The molecular formula is C31H42N2O7. The number of fused-ring (bicyclic) bond motifs is 3. The number of rotatable bonds is 3. The molecule has 3 aliphatic carbocycles. The number of benzene rings is 1. The second kappa shape index (κ2) is 9.45. The number of phenolic OH excluding ortho intramolecular Hbond substituents is 1. The van der Waals surface area contributed by atoms with Gasteiger partial charge in [0.05, 0.1) is 11.6 Å². The Bertz CT molecular complexity index is 1370. The summed E-state index contributed by atoms with van der Waals surface area (Å²) in [7, 11) is 3.24. The second-order valence-corrected chi connectivity index (χ2v) is 13.7. The number of carbonyl (C=O) groups excluding carboxylic acids is 3. The van der Waals surface area contributed by atoms with Crippen molar-refractivity contribution in [3.63, 3.8) is 0 Å². The number of likely N-dealkylation sites (N-methyl/N-ethyl adjacent to an activating group) is 1. The topological polar surface area (TPSA) is 147 Å². The number of aliphatic hydroxyl groups excluding tert-OH is 2. The molecule has 4 atom stereocenters. The van der Waals surface area contributed by atoms with E-state index in [2.05, 4.69) is 5.32 Å². The lowest BCUT2D eigenvalue weighted by Crippen LogP contribution is -2.66. The summed E-state index contributed by atoms with van der Waals surface area (Å²) in [5.74, 6) is -5.73. The number of aryl methyl sites for hydroxylation is 1. The summed E-state index contributed by atoms with van der Waals surface area (Å²) >= 11 is 0. The van der Waals surface area contributed by atoms with E-state index in [4.69, 9.17) is 0 Å². The monoisotopic (exact) mass is 554 g/mol. The fourth-order valence-corrected chi connectivity index (χ4v) is 6.66. The van der Waals surface area contributed by atoms with Crippen molar-refractivity contribution in [1.29, 1.82) is 0 Å². The van der Waals surface area contributed by atoms with Crippen LogP contribution in [0.25, 0.3) is 5.76 Å². The Labute approximate surface area is 235 Å². The van der Waals surface area contributed by atoms with E-state index in [0.717, 1.165) is 11.1 Å². The number of amides is 1. The van der Waals surface area contributed by atoms with Gasteiger partial charge in [0.15, 0.2) is 11.4 Å². The van der Waals surface area contributed by atoms with Crippen LogP contribution in [-0.2, 0) is 32.6 Å². The van der Waals surface area contributed by atoms with E-state index < -0.39 is 69.0 Å². The molecule has 9 nitrogen and oxygen atoms in total. The predicted molar refractivity (Wildman–Crippen MR) is 151 cm³/mol. The molecule has 1 amide bonds. The van der Waals surface area contributed by atoms with E-state index in [9.17, 15) is 34.8 Å². The molecule has 0 aliphatic heterocycles. The minimum absolute atomic E-state index is 0.0961.